The van der Waals surface area contributed by atoms with Gasteiger partial charge in [0.2, 0.25) is 11.8 Å². The van der Waals surface area contributed by atoms with Gasteiger partial charge in [-0.05, 0) is 49.6 Å². The monoisotopic (exact) mass is 424 g/mol. The molecule has 0 aliphatic carbocycles. The Kier molecular flexibility index (Phi) is 6.49. The fourth-order valence-corrected chi connectivity index (χ4v) is 4.51. The lowest BCUT2D eigenvalue weighted by atomic mass is 9.95. The molecule has 164 valence electrons. The quantitative estimate of drug-likeness (QED) is 0.757. The van der Waals surface area contributed by atoms with E-state index in [9.17, 15) is 14.0 Å². The molecule has 7 heteroatoms. The highest BCUT2D eigenvalue weighted by Gasteiger charge is 2.33. The summed E-state index contributed by atoms with van der Waals surface area (Å²) in [5, 5.41) is 0. The highest BCUT2D eigenvalue weighted by molar-refractivity contribution is 5.84. The summed E-state index contributed by atoms with van der Waals surface area (Å²) in [6, 6.07) is 10.4. The van der Waals surface area contributed by atoms with Crippen molar-refractivity contribution in [3.05, 3.63) is 59.7 Å². The number of pyridine rings is 1. The van der Waals surface area contributed by atoms with E-state index in [2.05, 4.69) is 16.0 Å². The van der Waals surface area contributed by atoms with Crippen LogP contribution in [0.3, 0.4) is 0 Å². The maximum atomic E-state index is 13.5. The molecular weight excluding hydrogens is 395 g/mol. The van der Waals surface area contributed by atoms with Crippen LogP contribution >= 0.6 is 0 Å². The van der Waals surface area contributed by atoms with E-state index in [1.807, 2.05) is 30.2 Å². The lowest BCUT2D eigenvalue weighted by molar-refractivity contribution is -0.143. The van der Waals surface area contributed by atoms with Crippen LogP contribution < -0.4 is 4.90 Å². The standard InChI is InChI=1S/C24H29FN4O2/c1-18-14-22(8-9-26-18)27-10-3-11-28(13-12-27)24(31)20-6-7-23(30)29(17-20)16-19-4-2-5-21(25)15-19/h2,4-5,8-9,14-15,20H,3,6-7,10-13,16-17H2,1H3/t20-/m0/s1. The molecule has 0 N–H and O–H groups in total. The van der Waals surface area contributed by atoms with E-state index >= 15 is 0 Å². The second-order valence-corrected chi connectivity index (χ2v) is 8.46. The van der Waals surface area contributed by atoms with Gasteiger partial charge in [0.05, 0.1) is 5.92 Å². The lowest BCUT2D eigenvalue weighted by Crippen LogP contribution is -2.47. The fourth-order valence-electron chi connectivity index (χ4n) is 4.51. The van der Waals surface area contributed by atoms with Gasteiger partial charge >= 0.3 is 0 Å². The number of carbonyl (C=O) groups excluding carboxylic acids is 2. The van der Waals surface area contributed by atoms with Gasteiger partial charge in [-0.2, -0.15) is 0 Å². The first kappa shape index (κ1) is 21.3. The minimum atomic E-state index is -0.312. The Morgan fingerprint density at radius 1 is 1.16 bits per heavy atom. The van der Waals surface area contributed by atoms with Crippen LogP contribution in [0.25, 0.3) is 0 Å². The van der Waals surface area contributed by atoms with Gasteiger partial charge in [0.15, 0.2) is 0 Å². The van der Waals surface area contributed by atoms with Crippen molar-refractivity contribution in [2.75, 3.05) is 37.6 Å². The van der Waals surface area contributed by atoms with Gasteiger partial charge < -0.3 is 14.7 Å². The van der Waals surface area contributed by atoms with Crippen molar-refractivity contribution >= 4 is 17.5 Å². The van der Waals surface area contributed by atoms with Crippen LogP contribution in [0.5, 0.6) is 0 Å². The number of rotatable bonds is 4. The molecule has 2 aliphatic heterocycles. The van der Waals surface area contributed by atoms with E-state index in [1.165, 1.54) is 12.1 Å². The summed E-state index contributed by atoms with van der Waals surface area (Å²) in [7, 11) is 0. The predicted octanol–water partition coefficient (Wildman–Crippen LogP) is 3.01. The minimum absolute atomic E-state index is 0.0309. The largest absolute Gasteiger partial charge is 0.370 e. The molecule has 0 radical (unpaired) electrons. The topological polar surface area (TPSA) is 56.8 Å². The molecule has 31 heavy (non-hydrogen) atoms. The molecule has 2 saturated heterocycles. The van der Waals surface area contributed by atoms with Crippen LogP contribution in [0.15, 0.2) is 42.6 Å². The summed E-state index contributed by atoms with van der Waals surface area (Å²) < 4.78 is 13.5. The van der Waals surface area contributed by atoms with Gasteiger partial charge in [-0.3, -0.25) is 14.6 Å². The van der Waals surface area contributed by atoms with Crippen LogP contribution in [-0.2, 0) is 16.1 Å². The molecule has 6 nitrogen and oxygen atoms in total. The smallest absolute Gasteiger partial charge is 0.227 e. The Morgan fingerprint density at radius 2 is 2.03 bits per heavy atom. The highest BCUT2D eigenvalue weighted by atomic mass is 19.1. The zero-order valence-electron chi connectivity index (χ0n) is 18.0. The number of amides is 2. The Bertz CT molecular complexity index is 951. The number of aromatic nitrogens is 1. The molecule has 1 aromatic heterocycles. The average molecular weight is 425 g/mol. The Morgan fingerprint density at radius 3 is 2.84 bits per heavy atom. The zero-order chi connectivity index (χ0) is 21.8. The first-order valence-corrected chi connectivity index (χ1v) is 11.0. The van der Waals surface area contributed by atoms with Crippen molar-refractivity contribution in [3.63, 3.8) is 0 Å². The number of aryl methyl sites for hydroxylation is 1. The van der Waals surface area contributed by atoms with Gasteiger partial charge in [0, 0.05) is 63.3 Å². The summed E-state index contributed by atoms with van der Waals surface area (Å²) in [4.78, 5) is 35.9. The van der Waals surface area contributed by atoms with Crippen LogP contribution in [0.1, 0.15) is 30.5 Å². The molecule has 3 heterocycles. The number of benzene rings is 1. The van der Waals surface area contributed by atoms with Gasteiger partial charge in [-0.1, -0.05) is 12.1 Å². The van der Waals surface area contributed by atoms with E-state index in [0.29, 0.717) is 32.5 Å². The maximum Gasteiger partial charge on any atom is 0.227 e. The molecule has 4 rings (SSSR count). The number of halogens is 1. The van der Waals surface area contributed by atoms with Crippen molar-refractivity contribution < 1.29 is 14.0 Å². The number of carbonyl (C=O) groups is 2. The first-order valence-electron chi connectivity index (χ1n) is 11.0. The van der Waals surface area contributed by atoms with E-state index in [-0.39, 0.29) is 23.5 Å². The number of nitrogens with zero attached hydrogens (tertiary/aromatic N) is 4. The van der Waals surface area contributed by atoms with E-state index in [4.69, 9.17) is 0 Å². The van der Waals surface area contributed by atoms with Crippen LogP contribution in [0.2, 0.25) is 0 Å². The third-order valence-electron chi connectivity index (χ3n) is 6.16. The summed E-state index contributed by atoms with van der Waals surface area (Å²) in [5.41, 5.74) is 2.88. The third-order valence-corrected chi connectivity index (χ3v) is 6.16. The molecule has 2 aliphatic rings. The van der Waals surface area contributed by atoms with Crippen molar-refractivity contribution in [1.82, 2.24) is 14.8 Å². The molecule has 1 atom stereocenters. The van der Waals surface area contributed by atoms with Gasteiger partial charge in [0.25, 0.3) is 0 Å². The molecular formula is C24H29FN4O2. The SMILES string of the molecule is Cc1cc(N2CCCN(C(=O)[C@H]3CCC(=O)N(Cc4cccc(F)c4)C3)CC2)ccn1. The number of likely N-dealkylation sites (tertiary alicyclic amines) is 1. The van der Waals surface area contributed by atoms with Gasteiger partial charge in [-0.25, -0.2) is 4.39 Å². The fraction of sp³-hybridized carbons (Fsp3) is 0.458. The van der Waals surface area contributed by atoms with Gasteiger partial charge in [-0.15, -0.1) is 0 Å². The van der Waals surface area contributed by atoms with Crippen molar-refractivity contribution in [1.29, 1.82) is 0 Å². The lowest BCUT2D eigenvalue weighted by Gasteiger charge is -2.34. The zero-order valence-corrected chi connectivity index (χ0v) is 18.0. The maximum absolute atomic E-state index is 13.5. The highest BCUT2D eigenvalue weighted by Crippen LogP contribution is 2.23. The molecule has 1 aromatic carbocycles. The minimum Gasteiger partial charge on any atom is -0.370 e. The molecule has 0 spiro atoms. The summed E-state index contributed by atoms with van der Waals surface area (Å²) in [6.45, 7) is 5.82. The van der Waals surface area contributed by atoms with E-state index in [0.717, 1.165) is 43.0 Å². The average Bonchev–Trinajstić information content (AvgIpc) is 3.01. The van der Waals surface area contributed by atoms with Crippen LogP contribution in [0, 0.1) is 18.7 Å². The van der Waals surface area contributed by atoms with Crippen molar-refractivity contribution in [3.8, 4) is 0 Å². The second kappa shape index (κ2) is 9.45. The Labute approximate surface area is 182 Å². The first-order chi connectivity index (χ1) is 15.0. The Hall–Kier alpha value is -2.96. The van der Waals surface area contributed by atoms with E-state index in [1.54, 1.807) is 11.0 Å². The molecule has 0 unspecified atom stereocenters. The molecule has 2 aromatic rings. The normalized spacial score (nSPS) is 20.0. The number of hydrogen-bond acceptors (Lipinski definition) is 4. The van der Waals surface area contributed by atoms with Crippen LogP contribution in [-0.4, -0.2) is 59.3 Å². The summed E-state index contributed by atoms with van der Waals surface area (Å²) >= 11 is 0. The summed E-state index contributed by atoms with van der Waals surface area (Å²) in [5.74, 6) is -0.345. The van der Waals surface area contributed by atoms with Crippen molar-refractivity contribution in [2.24, 2.45) is 5.92 Å². The third kappa shape index (κ3) is 5.21. The van der Waals surface area contributed by atoms with Crippen LogP contribution in [0.4, 0.5) is 10.1 Å². The predicted molar refractivity (Wildman–Crippen MR) is 117 cm³/mol. The number of hydrogen-bond donors (Lipinski definition) is 0. The van der Waals surface area contributed by atoms with Gasteiger partial charge in [0.1, 0.15) is 5.82 Å². The molecule has 0 bridgehead atoms. The molecule has 2 fully saturated rings. The number of piperidine rings is 1. The van der Waals surface area contributed by atoms with Crippen molar-refractivity contribution in [2.45, 2.75) is 32.7 Å². The Balaban J connectivity index is 1.37. The van der Waals surface area contributed by atoms with E-state index < -0.39 is 0 Å². The molecule has 0 saturated carbocycles. The summed E-state index contributed by atoms with van der Waals surface area (Å²) in [6.07, 6.45) is 3.68. The molecule has 2 amide bonds. The number of anilines is 1. The second-order valence-electron chi connectivity index (χ2n) is 8.46.